The maximum atomic E-state index is 6.12. The van der Waals surface area contributed by atoms with Crippen LogP contribution in [-0.2, 0) is 16.0 Å². The Morgan fingerprint density at radius 2 is 2.44 bits per heavy atom. The third-order valence-electron chi connectivity index (χ3n) is 3.93. The molecular weight excluding hydrogens is 248 g/mol. The molecule has 0 saturated carbocycles. The number of rotatable bonds is 4. The number of ether oxygens (including phenoxy) is 2. The van der Waals surface area contributed by atoms with Crippen LogP contribution in [0.25, 0.3) is 0 Å². The Labute approximate surface area is 112 Å². The summed E-state index contributed by atoms with van der Waals surface area (Å²) < 4.78 is 11.3. The van der Waals surface area contributed by atoms with Crippen LogP contribution in [0.5, 0.6) is 0 Å². The van der Waals surface area contributed by atoms with Gasteiger partial charge in [0, 0.05) is 31.3 Å². The van der Waals surface area contributed by atoms with Crippen LogP contribution in [0.4, 0.5) is 0 Å². The molecule has 0 unspecified atom stereocenters. The molecule has 100 valence electrons. The van der Waals surface area contributed by atoms with Gasteiger partial charge in [0.05, 0.1) is 25.4 Å². The van der Waals surface area contributed by atoms with Crippen molar-refractivity contribution >= 4 is 11.3 Å². The zero-order chi connectivity index (χ0) is 12.4. The predicted molar refractivity (Wildman–Crippen MR) is 70.7 cm³/mol. The smallest absolute Gasteiger partial charge is 0.107 e. The lowest BCUT2D eigenvalue weighted by Gasteiger charge is -2.35. The molecule has 2 saturated heterocycles. The molecule has 1 aromatic rings. The summed E-state index contributed by atoms with van der Waals surface area (Å²) in [5.41, 5.74) is 0. The topological polar surface area (TPSA) is 34.6 Å². The van der Waals surface area contributed by atoms with Gasteiger partial charge in [-0.25, -0.2) is 4.98 Å². The Kier molecular flexibility index (Phi) is 3.94. The van der Waals surface area contributed by atoms with Crippen LogP contribution in [0, 0.1) is 0 Å². The summed E-state index contributed by atoms with van der Waals surface area (Å²) in [5, 5.41) is 3.27. The number of methoxy groups -OCH3 is 1. The lowest BCUT2D eigenvalue weighted by molar-refractivity contribution is -0.0938. The van der Waals surface area contributed by atoms with Gasteiger partial charge in [-0.05, 0) is 19.3 Å². The Morgan fingerprint density at radius 3 is 3.22 bits per heavy atom. The molecule has 0 amide bonds. The van der Waals surface area contributed by atoms with Gasteiger partial charge in [0.15, 0.2) is 0 Å². The predicted octanol–water partition coefficient (Wildman–Crippen LogP) is 1.91. The second-order valence-corrected chi connectivity index (χ2v) is 6.06. The van der Waals surface area contributed by atoms with E-state index in [9.17, 15) is 0 Å². The van der Waals surface area contributed by atoms with Gasteiger partial charge < -0.3 is 9.47 Å². The van der Waals surface area contributed by atoms with E-state index in [-0.39, 0.29) is 0 Å². The largest absolute Gasteiger partial charge is 0.382 e. The molecule has 0 spiro atoms. The van der Waals surface area contributed by atoms with Gasteiger partial charge in [0.2, 0.25) is 0 Å². The third-order valence-corrected chi connectivity index (χ3v) is 4.69. The molecule has 2 aliphatic rings. The van der Waals surface area contributed by atoms with E-state index in [1.165, 1.54) is 11.4 Å². The van der Waals surface area contributed by atoms with E-state index in [1.807, 2.05) is 6.20 Å². The van der Waals surface area contributed by atoms with Crippen molar-refractivity contribution in [2.24, 2.45) is 0 Å². The molecule has 1 aromatic heterocycles. The highest BCUT2D eigenvalue weighted by Crippen LogP contribution is 2.32. The van der Waals surface area contributed by atoms with Crippen LogP contribution in [-0.4, -0.2) is 48.4 Å². The normalized spacial score (nSPS) is 32.6. The van der Waals surface area contributed by atoms with E-state index < -0.39 is 0 Å². The molecule has 3 heterocycles. The van der Waals surface area contributed by atoms with Gasteiger partial charge in [-0.2, -0.15) is 0 Å². The first-order valence-electron chi connectivity index (χ1n) is 6.63. The number of hydrogen-bond acceptors (Lipinski definition) is 5. The first-order valence-corrected chi connectivity index (χ1v) is 7.51. The summed E-state index contributed by atoms with van der Waals surface area (Å²) in [7, 11) is 1.75. The zero-order valence-electron chi connectivity index (χ0n) is 10.7. The van der Waals surface area contributed by atoms with Crippen LogP contribution in [0.15, 0.2) is 11.6 Å². The number of fused-ring (bicyclic) bond motifs is 1. The van der Waals surface area contributed by atoms with Gasteiger partial charge in [-0.15, -0.1) is 11.3 Å². The van der Waals surface area contributed by atoms with Crippen LogP contribution >= 0.6 is 11.3 Å². The molecule has 0 radical (unpaired) electrons. The van der Waals surface area contributed by atoms with Gasteiger partial charge in [0.1, 0.15) is 5.01 Å². The van der Waals surface area contributed by atoms with Crippen molar-refractivity contribution in [1.82, 2.24) is 9.88 Å². The van der Waals surface area contributed by atoms with Crippen LogP contribution < -0.4 is 0 Å². The van der Waals surface area contributed by atoms with E-state index in [1.54, 1.807) is 18.4 Å². The maximum Gasteiger partial charge on any atom is 0.107 e. The summed E-state index contributed by atoms with van der Waals surface area (Å²) >= 11 is 1.74. The highest BCUT2D eigenvalue weighted by atomic mass is 32.1. The fourth-order valence-electron chi connectivity index (χ4n) is 3.10. The summed E-state index contributed by atoms with van der Waals surface area (Å²) in [6, 6.07) is 0.585. The molecule has 3 atom stereocenters. The fraction of sp³-hybridized carbons (Fsp3) is 0.769. The van der Waals surface area contributed by atoms with Crippen molar-refractivity contribution in [3.05, 3.63) is 16.6 Å². The number of aromatic nitrogens is 1. The summed E-state index contributed by atoms with van der Waals surface area (Å²) in [6.07, 6.45) is 6.08. The Bertz CT molecular complexity index is 371. The molecule has 18 heavy (non-hydrogen) atoms. The van der Waals surface area contributed by atoms with Gasteiger partial charge >= 0.3 is 0 Å². The average Bonchev–Trinajstić information content (AvgIpc) is 3.00. The highest BCUT2D eigenvalue weighted by molar-refractivity contribution is 7.09. The lowest BCUT2D eigenvalue weighted by Crippen LogP contribution is -2.43. The summed E-state index contributed by atoms with van der Waals surface area (Å²) in [6.45, 7) is 2.85. The Balaban J connectivity index is 1.58. The molecule has 0 N–H and O–H groups in total. The highest BCUT2D eigenvalue weighted by Gasteiger charge is 2.39. The minimum atomic E-state index is 0.302. The van der Waals surface area contributed by atoms with Gasteiger partial charge in [-0.3, -0.25) is 4.90 Å². The minimum Gasteiger partial charge on any atom is -0.382 e. The van der Waals surface area contributed by atoms with E-state index in [2.05, 4.69) is 15.3 Å². The number of hydrogen-bond donors (Lipinski definition) is 0. The van der Waals surface area contributed by atoms with Crippen molar-refractivity contribution in [2.45, 2.75) is 44.1 Å². The lowest BCUT2D eigenvalue weighted by atomic mass is 9.99. The second-order valence-electron chi connectivity index (χ2n) is 5.08. The number of nitrogens with zero attached hydrogens (tertiary/aromatic N) is 2. The van der Waals surface area contributed by atoms with Crippen molar-refractivity contribution in [2.75, 3.05) is 20.3 Å². The Hall–Kier alpha value is -0.490. The first-order chi connectivity index (χ1) is 8.86. The molecule has 0 aliphatic carbocycles. The second kappa shape index (κ2) is 5.65. The summed E-state index contributed by atoms with van der Waals surface area (Å²) in [4.78, 5) is 6.91. The van der Waals surface area contributed by atoms with E-state index in [0.717, 1.165) is 32.5 Å². The molecular formula is C13H20N2O2S. The van der Waals surface area contributed by atoms with E-state index >= 15 is 0 Å². The standard InChI is InChI=1S/C13H20N2O2S/c1-16-9-10-2-3-11-12(17-10)4-6-15(11)8-13-14-5-7-18-13/h5,7,10-12H,2-4,6,8-9H2,1H3/t10-,11+,12+/m0/s1. The minimum absolute atomic E-state index is 0.302. The van der Waals surface area contributed by atoms with Gasteiger partial charge in [-0.1, -0.05) is 0 Å². The first kappa shape index (κ1) is 12.5. The Morgan fingerprint density at radius 1 is 1.50 bits per heavy atom. The maximum absolute atomic E-state index is 6.12. The zero-order valence-corrected chi connectivity index (χ0v) is 11.6. The fourth-order valence-corrected chi connectivity index (χ4v) is 3.74. The van der Waals surface area contributed by atoms with E-state index in [0.29, 0.717) is 18.2 Å². The van der Waals surface area contributed by atoms with E-state index in [4.69, 9.17) is 9.47 Å². The van der Waals surface area contributed by atoms with Crippen LogP contribution in [0.2, 0.25) is 0 Å². The molecule has 4 nitrogen and oxygen atoms in total. The average molecular weight is 268 g/mol. The van der Waals surface area contributed by atoms with Crippen molar-refractivity contribution in [3.8, 4) is 0 Å². The molecule has 0 bridgehead atoms. The summed E-state index contributed by atoms with van der Waals surface area (Å²) in [5.74, 6) is 0. The monoisotopic (exact) mass is 268 g/mol. The molecule has 0 aromatic carbocycles. The number of likely N-dealkylation sites (tertiary alicyclic amines) is 1. The van der Waals surface area contributed by atoms with Crippen molar-refractivity contribution in [3.63, 3.8) is 0 Å². The van der Waals surface area contributed by atoms with Crippen molar-refractivity contribution < 1.29 is 9.47 Å². The third kappa shape index (κ3) is 2.59. The molecule has 2 fully saturated rings. The SMILES string of the molecule is COC[C@@H]1CC[C@@H]2[C@@H](CCN2Cc2nccs2)O1. The number of thiazole rings is 1. The molecule has 5 heteroatoms. The molecule has 3 rings (SSSR count). The molecule has 2 aliphatic heterocycles. The van der Waals surface area contributed by atoms with Crippen LogP contribution in [0.3, 0.4) is 0 Å². The van der Waals surface area contributed by atoms with Crippen molar-refractivity contribution in [1.29, 1.82) is 0 Å². The van der Waals surface area contributed by atoms with Gasteiger partial charge in [0.25, 0.3) is 0 Å². The quantitative estimate of drug-likeness (QED) is 0.835. The van der Waals surface area contributed by atoms with Crippen LogP contribution in [0.1, 0.15) is 24.3 Å².